The zero-order valence-corrected chi connectivity index (χ0v) is 11.9. The van der Waals surface area contributed by atoms with Crippen LogP contribution in [0.5, 0.6) is 0 Å². The molecule has 0 unspecified atom stereocenters. The number of benzene rings is 1. The number of carbonyl (C=O) groups excluding carboxylic acids is 1. The number of hydrogen-bond donors (Lipinski definition) is 1. The summed E-state index contributed by atoms with van der Waals surface area (Å²) in [6.07, 6.45) is 3.90. The molecule has 0 atom stereocenters. The van der Waals surface area contributed by atoms with E-state index in [2.05, 4.69) is 6.07 Å². The van der Waals surface area contributed by atoms with Crippen LogP contribution in [0.1, 0.15) is 48.5 Å². The summed E-state index contributed by atoms with van der Waals surface area (Å²) >= 11 is 0. The zero-order chi connectivity index (χ0) is 14.5. The van der Waals surface area contributed by atoms with Gasteiger partial charge in [0.05, 0.1) is 11.6 Å². The van der Waals surface area contributed by atoms with Crippen LogP contribution in [0.3, 0.4) is 0 Å². The van der Waals surface area contributed by atoms with Crippen LogP contribution in [0.15, 0.2) is 24.3 Å². The Morgan fingerprint density at radius 3 is 2.70 bits per heavy atom. The Kier molecular flexibility index (Phi) is 4.75. The van der Waals surface area contributed by atoms with Gasteiger partial charge in [0, 0.05) is 24.2 Å². The first-order chi connectivity index (χ1) is 9.65. The minimum Gasteiger partial charge on any atom is -0.336 e. The second kappa shape index (κ2) is 6.53. The molecule has 0 bridgehead atoms. The molecule has 1 aliphatic carbocycles. The molecule has 0 aliphatic heterocycles. The first kappa shape index (κ1) is 14.5. The number of hydrogen-bond acceptors (Lipinski definition) is 3. The van der Waals surface area contributed by atoms with Crippen molar-refractivity contribution >= 4 is 5.91 Å². The van der Waals surface area contributed by atoms with E-state index >= 15 is 0 Å². The molecule has 1 amide bonds. The SMILES string of the molecule is CCN(C(=O)c1cccc(C#N)c1)C1CCC(N)CC1. The maximum atomic E-state index is 12.6. The Balaban J connectivity index is 2.14. The third kappa shape index (κ3) is 3.17. The highest BCUT2D eigenvalue weighted by Gasteiger charge is 2.27. The molecule has 4 heteroatoms. The third-order valence-electron chi connectivity index (χ3n) is 4.02. The van der Waals surface area contributed by atoms with Crippen molar-refractivity contribution in [3.63, 3.8) is 0 Å². The Morgan fingerprint density at radius 1 is 1.40 bits per heavy atom. The molecule has 0 radical (unpaired) electrons. The summed E-state index contributed by atoms with van der Waals surface area (Å²) in [7, 11) is 0. The topological polar surface area (TPSA) is 70.1 Å². The highest BCUT2D eigenvalue weighted by Crippen LogP contribution is 2.23. The van der Waals surface area contributed by atoms with Gasteiger partial charge in [0.25, 0.3) is 5.91 Å². The molecule has 0 saturated heterocycles. The van der Waals surface area contributed by atoms with E-state index in [-0.39, 0.29) is 18.0 Å². The van der Waals surface area contributed by atoms with Gasteiger partial charge in [-0.15, -0.1) is 0 Å². The van der Waals surface area contributed by atoms with Gasteiger partial charge in [-0.3, -0.25) is 4.79 Å². The molecular formula is C16H21N3O. The Bertz CT molecular complexity index is 513. The second-order valence-electron chi connectivity index (χ2n) is 5.35. The van der Waals surface area contributed by atoms with Gasteiger partial charge in [-0.25, -0.2) is 0 Å². The minimum absolute atomic E-state index is 0.0186. The molecule has 4 nitrogen and oxygen atoms in total. The van der Waals surface area contributed by atoms with Crippen LogP contribution >= 0.6 is 0 Å². The highest BCUT2D eigenvalue weighted by atomic mass is 16.2. The predicted octanol–water partition coefficient (Wildman–Crippen LogP) is 2.29. The Morgan fingerprint density at radius 2 is 2.10 bits per heavy atom. The van der Waals surface area contributed by atoms with Crippen molar-refractivity contribution in [2.75, 3.05) is 6.54 Å². The lowest BCUT2D eigenvalue weighted by atomic mass is 9.90. The van der Waals surface area contributed by atoms with Crippen LogP contribution in [0.4, 0.5) is 0 Å². The average molecular weight is 271 g/mol. The van der Waals surface area contributed by atoms with Gasteiger partial charge in [0.1, 0.15) is 0 Å². The maximum Gasteiger partial charge on any atom is 0.254 e. The van der Waals surface area contributed by atoms with Crippen molar-refractivity contribution in [3.8, 4) is 6.07 Å². The fourth-order valence-corrected chi connectivity index (χ4v) is 2.87. The number of rotatable bonds is 3. The third-order valence-corrected chi connectivity index (χ3v) is 4.02. The van der Waals surface area contributed by atoms with Crippen molar-refractivity contribution in [2.24, 2.45) is 5.73 Å². The van der Waals surface area contributed by atoms with Gasteiger partial charge in [-0.05, 0) is 50.8 Å². The summed E-state index contributed by atoms with van der Waals surface area (Å²) in [6.45, 7) is 2.69. The van der Waals surface area contributed by atoms with E-state index in [1.165, 1.54) is 0 Å². The van der Waals surface area contributed by atoms with Crippen LogP contribution in [-0.4, -0.2) is 29.4 Å². The van der Waals surface area contributed by atoms with Crippen LogP contribution in [0.25, 0.3) is 0 Å². The van der Waals surface area contributed by atoms with Crippen molar-refractivity contribution < 1.29 is 4.79 Å². The summed E-state index contributed by atoms with van der Waals surface area (Å²) in [6, 6.07) is 9.55. The summed E-state index contributed by atoms with van der Waals surface area (Å²) in [5.74, 6) is 0.0186. The van der Waals surface area contributed by atoms with Gasteiger partial charge < -0.3 is 10.6 Å². The molecule has 1 aromatic carbocycles. The second-order valence-corrected chi connectivity index (χ2v) is 5.35. The quantitative estimate of drug-likeness (QED) is 0.917. The maximum absolute atomic E-state index is 12.6. The molecular weight excluding hydrogens is 250 g/mol. The van der Waals surface area contributed by atoms with Crippen LogP contribution in [0, 0.1) is 11.3 Å². The molecule has 1 aromatic rings. The van der Waals surface area contributed by atoms with E-state index in [1.54, 1.807) is 24.3 Å². The fraction of sp³-hybridized carbons (Fsp3) is 0.500. The molecule has 0 spiro atoms. The summed E-state index contributed by atoms with van der Waals surface area (Å²) in [5.41, 5.74) is 7.05. The van der Waals surface area contributed by atoms with Crippen molar-refractivity contribution in [1.29, 1.82) is 5.26 Å². The molecule has 1 aliphatic rings. The van der Waals surface area contributed by atoms with Gasteiger partial charge in [-0.2, -0.15) is 5.26 Å². The summed E-state index contributed by atoms with van der Waals surface area (Å²) in [4.78, 5) is 14.5. The fourth-order valence-electron chi connectivity index (χ4n) is 2.87. The van der Waals surface area contributed by atoms with Crippen molar-refractivity contribution in [3.05, 3.63) is 35.4 Å². The number of carbonyl (C=O) groups is 1. The Labute approximate surface area is 120 Å². The minimum atomic E-state index is 0.0186. The average Bonchev–Trinajstić information content (AvgIpc) is 2.50. The molecule has 1 saturated carbocycles. The first-order valence-electron chi connectivity index (χ1n) is 7.22. The van der Waals surface area contributed by atoms with Gasteiger partial charge >= 0.3 is 0 Å². The lowest BCUT2D eigenvalue weighted by molar-refractivity contribution is 0.0640. The van der Waals surface area contributed by atoms with Gasteiger partial charge in [0.15, 0.2) is 0 Å². The normalized spacial score (nSPS) is 22.1. The van der Waals surface area contributed by atoms with E-state index in [9.17, 15) is 4.79 Å². The molecule has 0 heterocycles. The van der Waals surface area contributed by atoms with Crippen molar-refractivity contribution in [2.45, 2.75) is 44.7 Å². The van der Waals surface area contributed by atoms with E-state index in [4.69, 9.17) is 11.0 Å². The van der Waals surface area contributed by atoms with Gasteiger partial charge in [-0.1, -0.05) is 6.07 Å². The van der Waals surface area contributed by atoms with E-state index in [1.807, 2.05) is 11.8 Å². The molecule has 106 valence electrons. The number of nitrogens with two attached hydrogens (primary N) is 1. The standard InChI is InChI=1S/C16H21N3O/c1-2-19(15-8-6-14(18)7-9-15)16(20)13-5-3-4-12(10-13)11-17/h3-5,10,14-15H,2,6-9,18H2,1H3. The first-order valence-corrected chi connectivity index (χ1v) is 7.22. The van der Waals surface area contributed by atoms with Crippen LogP contribution in [-0.2, 0) is 0 Å². The number of amides is 1. The molecule has 1 fully saturated rings. The predicted molar refractivity (Wildman–Crippen MR) is 78.1 cm³/mol. The van der Waals surface area contributed by atoms with Crippen LogP contribution in [0.2, 0.25) is 0 Å². The molecule has 0 aromatic heterocycles. The monoisotopic (exact) mass is 271 g/mol. The lowest BCUT2D eigenvalue weighted by Gasteiger charge is -2.35. The van der Waals surface area contributed by atoms with Gasteiger partial charge in [0.2, 0.25) is 0 Å². The van der Waals surface area contributed by atoms with E-state index in [0.29, 0.717) is 17.7 Å². The lowest BCUT2D eigenvalue weighted by Crippen LogP contribution is -2.44. The van der Waals surface area contributed by atoms with E-state index < -0.39 is 0 Å². The molecule has 2 rings (SSSR count). The highest BCUT2D eigenvalue weighted by molar-refractivity contribution is 5.94. The summed E-state index contributed by atoms with van der Waals surface area (Å²) < 4.78 is 0. The zero-order valence-electron chi connectivity index (χ0n) is 11.9. The largest absolute Gasteiger partial charge is 0.336 e. The smallest absolute Gasteiger partial charge is 0.254 e. The van der Waals surface area contributed by atoms with Crippen LogP contribution < -0.4 is 5.73 Å². The molecule has 2 N–H and O–H groups in total. The Hall–Kier alpha value is -1.86. The molecule has 20 heavy (non-hydrogen) atoms. The summed E-state index contributed by atoms with van der Waals surface area (Å²) in [5, 5.41) is 8.93. The van der Waals surface area contributed by atoms with E-state index in [0.717, 1.165) is 25.7 Å². The number of nitriles is 1. The number of nitrogens with zero attached hydrogens (tertiary/aromatic N) is 2. The van der Waals surface area contributed by atoms with Crippen molar-refractivity contribution in [1.82, 2.24) is 4.90 Å².